The molecule has 3 heteroatoms. The number of ether oxygens (including phenoxy) is 1. The zero-order valence-electron chi connectivity index (χ0n) is 7.95. The Morgan fingerprint density at radius 1 is 1.54 bits per heavy atom. The first-order chi connectivity index (χ1) is 6.18. The molecule has 0 aromatic carbocycles. The minimum atomic E-state index is -0.659. The molecule has 2 aliphatic carbocycles. The molecule has 2 unspecified atom stereocenters. The van der Waals surface area contributed by atoms with Crippen molar-refractivity contribution >= 4 is 5.97 Å². The van der Waals surface area contributed by atoms with Gasteiger partial charge in [0.2, 0.25) is 0 Å². The minimum absolute atomic E-state index is 0.409. The van der Waals surface area contributed by atoms with Gasteiger partial charge in [0.25, 0.3) is 0 Å². The van der Waals surface area contributed by atoms with Gasteiger partial charge in [0, 0.05) is 6.61 Å². The van der Waals surface area contributed by atoms with Gasteiger partial charge in [0.15, 0.2) is 0 Å². The maximum Gasteiger partial charge on any atom is 0.312 e. The molecule has 0 bridgehead atoms. The number of hydrogen-bond donors (Lipinski definition) is 1. The number of carboxylic acids is 1. The van der Waals surface area contributed by atoms with E-state index in [-0.39, 0.29) is 0 Å². The van der Waals surface area contributed by atoms with Crippen LogP contribution in [0.2, 0.25) is 0 Å². The largest absolute Gasteiger partial charge is 0.481 e. The van der Waals surface area contributed by atoms with E-state index in [2.05, 4.69) is 0 Å². The van der Waals surface area contributed by atoms with E-state index in [1.165, 1.54) is 6.42 Å². The molecule has 2 aliphatic rings. The Labute approximate surface area is 78.1 Å². The summed E-state index contributed by atoms with van der Waals surface area (Å²) in [6.07, 6.45) is 2.93. The van der Waals surface area contributed by atoms with Gasteiger partial charge >= 0.3 is 5.97 Å². The number of fused-ring (bicyclic) bond motifs is 1. The smallest absolute Gasteiger partial charge is 0.312 e. The molecule has 2 fully saturated rings. The predicted octanol–water partition coefficient (Wildman–Crippen LogP) is 1.52. The van der Waals surface area contributed by atoms with Crippen molar-refractivity contribution in [2.24, 2.45) is 17.3 Å². The van der Waals surface area contributed by atoms with Crippen molar-refractivity contribution in [1.29, 1.82) is 0 Å². The summed E-state index contributed by atoms with van der Waals surface area (Å²) < 4.78 is 5.27. The quantitative estimate of drug-likeness (QED) is 0.720. The Morgan fingerprint density at radius 2 is 2.15 bits per heavy atom. The van der Waals surface area contributed by atoms with Crippen LogP contribution in [0.1, 0.15) is 26.2 Å². The Bertz CT molecular complexity index is 214. The molecule has 13 heavy (non-hydrogen) atoms. The highest BCUT2D eigenvalue weighted by Gasteiger charge is 2.57. The number of rotatable bonds is 4. The molecule has 2 rings (SSSR count). The van der Waals surface area contributed by atoms with Crippen LogP contribution < -0.4 is 0 Å². The molecule has 1 N–H and O–H groups in total. The van der Waals surface area contributed by atoms with E-state index in [1.807, 2.05) is 6.92 Å². The SMILES string of the molecule is CCOCC1(C(=O)O)CC2CC2C1. The third-order valence-electron chi connectivity index (χ3n) is 3.41. The molecular weight excluding hydrogens is 168 g/mol. The first kappa shape index (κ1) is 9.00. The number of hydrogen-bond acceptors (Lipinski definition) is 2. The standard InChI is InChI=1S/C10H16O3/c1-2-13-6-10(9(11)12)4-7-3-8(7)5-10/h7-8H,2-6H2,1H3,(H,11,12). The van der Waals surface area contributed by atoms with Crippen LogP contribution in [0.25, 0.3) is 0 Å². The second kappa shape index (κ2) is 2.98. The van der Waals surface area contributed by atoms with Crippen LogP contribution in [0.5, 0.6) is 0 Å². The lowest BCUT2D eigenvalue weighted by molar-refractivity contribution is -0.153. The number of carboxylic acid groups (broad SMARTS) is 1. The van der Waals surface area contributed by atoms with Crippen molar-refractivity contribution in [2.45, 2.75) is 26.2 Å². The predicted molar refractivity (Wildman–Crippen MR) is 47.4 cm³/mol. The topological polar surface area (TPSA) is 46.5 Å². The maximum atomic E-state index is 11.1. The van der Waals surface area contributed by atoms with Crippen LogP contribution in [0.3, 0.4) is 0 Å². The van der Waals surface area contributed by atoms with E-state index in [0.29, 0.717) is 25.0 Å². The van der Waals surface area contributed by atoms with Crippen molar-refractivity contribution in [3.8, 4) is 0 Å². The molecule has 0 aromatic heterocycles. The number of carbonyl (C=O) groups is 1. The molecule has 2 atom stereocenters. The first-order valence-electron chi connectivity index (χ1n) is 4.99. The van der Waals surface area contributed by atoms with Gasteiger partial charge in [0.1, 0.15) is 0 Å². The lowest BCUT2D eigenvalue weighted by atomic mass is 9.84. The van der Waals surface area contributed by atoms with Crippen LogP contribution in [0.15, 0.2) is 0 Å². The van der Waals surface area contributed by atoms with Gasteiger partial charge < -0.3 is 9.84 Å². The first-order valence-corrected chi connectivity index (χ1v) is 4.99. The van der Waals surface area contributed by atoms with Gasteiger partial charge in [-0.2, -0.15) is 0 Å². The molecule has 0 spiro atoms. The van der Waals surface area contributed by atoms with E-state index in [9.17, 15) is 4.79 Å². The van der Waals surface area contributed by atoms with Gasteiger partial charge in [-0.15, -0.1) is 0 Å². The fourth-order valence-corrected chi connectivity index (χ4v) is 2.55. The van der Waals surface area contributed by atoms with Gasteiger partial charge in [-0.05, 0) is 38.0 Å². The van der Waals surface area contributed by atoms with Crippen LogP contribution in [0, 0.1) is 17.3 Å². The fourth-order valence-electron chi connectivity index (χ4n) is 2.55. The highest BCUT2D eigenvalue weighted by atomic mass is 16.5. The Morgan fingerprint density at radius 3 is 2.62 bits per heavy atom. The highest BCUT2D eigenvalue weighted by Crippen LogP contribution is 2.60. The zero-order chi connectivity index (χ0) is 9.47. The lowest BCUT2D eigenvalue weighted by Crippen LogP contribution is -2.34. The fraction of sp³-hybridized carbons (Fsp3) is 0.900. The normalized spacial score (nSPS) is 41.6. The van der Waals surface area contributed by atoms with Gasteiger partial charge in [0.05, 0.1) is 12.0 Å². The summed E-state index contributed by atoms with van der Waals surface area (Å²) in [6, 6.07) is 0. The van der Waals surface area contributed by atoms with E-state index in [1.54, 1.807) is 0 Å². The van der Waals surface area contributed by atoms with E-state index < -0.39 is 11.4 Å². The van der Waals surface area contributed by atoms with E-state index in [0.717, 1.165) is 12.8 Å². The Kier molecular flexibility index (Phi) is 2.06. The van der Waals surface area contributed by atoms with Crippen molar-refractivity contribution < 1.29 is 14.6 Å². The summed E-state index contributed by atoms with van der Waals surface area (Å²) in [6.45, 7) is 2.93. The van der Waals surface area contributed by atoms with Gasteiger partial charge in [-0.1, -0.05) is 0 Å². The van der Waals surface area contributed by atoms with Crippen molar-refractivity contribution in [2.75, 3.05) is 13.2 Å². The molecule has 0 aromatic rings. The third-order valence-corrected chi connectivity index (χ3v) is 3.41. The van der Waals surface area contributed by atoms with Gasteiger partial charge in [-0.3, -0.25) is 4.79 Å². The highest BCUT2D eigenvalue weighted by molar-refractivity contribution is 5.75. The summed E-state index contributed by atoms with van der Waals surface area (Å²) in [7, 11) is 0. The summed E-state index contributed by atoms with van der Waals surface area (Å²) >= 11 is 0. The van der Waals surface area contributed by atoms with Gasteiger partial charge in [-0.25, -0.2) is 0 Å². The van der Waals surface area contributed by atoms with Crippen molar-refractivity contribution in [3.05, 3.63) is 0 Å². The van der Waals surface area contributed by atoms with Crippen LogP contribution in [0.4, 0.5) is 0 Å². The third kappa shape index (κ3) is 1.46. The second-order valence-electron chi connectivity index (χ2n) is 4.39. The van der Waals surface area contributed by atoms with Crippen LogP contribution >= 0.6 is 0 Å². The molecule has 0 saturated heterocycles. The van der Waals surface area contributed by atoms with Crippen LogP contribution in [-0.2, 0) is 9.53 Å². The van der Waals surface area contributed by atoms with Crippen molar-refractivity contribution in [1.82, 2.24) is 0 Å². The lowest BCUT2D eigenvalue weighted by Gasteiger charge is -2.25. The summed E-state index contributed by atoms with van der Waals surface area (Å²) in [5.74, 6) is 0.723. The van der Waals surface area contributed by atoms with Crippen molar-refractivity contribution in [3.63, 3.8) is 0 Å². The van der Waals surface area contributed by atoms with Crippen LogP contribution in [-0.4, -0.2) is 24.3 Å². The summed E-state index contributed by atoms with van der Waals surface area (Å²) in [5.41, 5.74) is -0.538. The second-order valence-corrected chi connectivity index (χ2v) is 4.39. The minimum Gasteiger partial charge on any atom is -0.481 e. The summed E-state index contributed by atoms with van der Waals surface area (Å²) in [5, 5.41) is 9.15. The molecule has 74 valence electrons. The molecule has 0 amide bonds. The molecule has 0 radical (unpaired) electrons. The average molecular weight is 184 g/mol. The average Bonchev–Trinajstić information content (AvgIpc) is 2.71. The molecule has 2 saturated carbocycles. The molecule has 0 heterocycles. The Balaban J connectivity index is 1.99. The monoisotopic (exact) mass is 184 g/mol. The van der Waals surface area contributed by atoms with E-state index in [4.69, 9.17) is 9.84 Å². The summed E-state index contributed by atoms with van der Waals surface area (Å²) in [4.78, 5) is 11.1. The Hall–Kier alpha value is -0.570. The molecule has 0 aliphatic heterocycles. The molecule has 3 nitrogen and oxygen atoms in total. The molecular formula is C10H16O3. The number of aliphatic carboxylic acids is 1. The maximum absolute atomic E-state index is 11.1. The van der Waals surface area contributed by atoms with E-state index >= 15 is 0 Å². The zero-order valence-corrected chi connectivity index (χ0v) is 7.95.